The van der Waals surface area contributed by atoms with E-state index < -0.39 is 22.0 Å². The zero-order valence-electron chi connectivity index (χ0n) is 16.1. The van der Waals surface area contributed by atoms with Gasteiger partial charge in [-0.25, -0.2) is 8.42 Å². The average Bonchev–Trinajstić information content (AvgIpc) is 2.67. The molecule has 2 aromatic carbocycles. The van der Waals surface area contributed by atoms with E-state index in [4.69, 9.17) is 11.6 Å². The van der Waals surface area contributed by atoms with Crippen molar-refractivity contribution in [2.45, 2.75) is 37.2 Å². The third-order valence-electron chi connectivity index (χ3n) is 4.51. The van der Waals surface area contributed by atoms with E-state index in [0.29, 0.717) is 6.42 Å². The van der Waals surface area contributed by atoms with E-state index in [2.05, 4.69) is 5.32 Å². The lowest BCUT2D eigenvalue weighted by Crippen LogP contribution is -2.33. The molecule has 152 valence electrons. The zero-order chi connectivity index (χ0) is 20.9. The van der Waals surface area contributed by atoms with Gasteiger partial charge in [0.05, 0.1) is 21.5 Å². The molecule has 1 amide bonds. The normalized spacial score (nSPS) is 13.0. The fraction of sp³-hybridized carbons (Fsp3) is 0.350. The summed E-state index contributed by atoms with van der Waals surface area (Å²) < 4.78 is 26.7. The molecule has 0 bridgehead atoms. The van der Waals surface area contributed by atoms with Gasteiger partial charge in [0.25, 0.3) is 5.91 Å². The summed E-state index contributed by atoms with van der Waals surface area (Å²) >= 11 is 6.17. The summed E-state index contributed by atoms with van der Waals surface area (Å²) in [7, 11) is -2.26. The third kappa shape index (κ3) is 5.11. The molecule has 6 nitrogen and oxygen atoms in total. The van der Waals surface area contributed by atoms with E-state index in [9.17, 15) is 18.3 Å². The number of carbonyl (C=O) groups is 1. The summed E-state index contributed by atoms with van der Waals surface area (Å²) in [5.74, 6) is -0.503. The van der Waals surface area contributed by atoms with Crippen molar-refractivity contribution < 1.29 is 18.3 Å². The molecule has 1 atom stereocenters. The Morgan fingerprint density at radius 2 is 1.82 bits per heavy atom. The number of hydrogen-bond donors (Lipinski definition) is 2. The molecule has 8 heteroatoms. The van der Waals surface area contributed by atoms with E-state index >= 15 is 0 Å². The highest BCUT2D eigenvalue weighted by molar-refractivity contribution is 7.89. The second-order valence-corrected chi connectivity index (χ2v) is 9.11. The number of carbonyl (C=O) groups excluding carboxylic acids is 1. The molecule has 0 saturated heterocycles. The Labute approximate surface area is 171 Å². The Kier molecular flexibility index (Phi) is 7.60. The number of rotatable bonds is 8. The maximum absolute atomic E-state index is 12.8. The minimum absolute atomic E-state index is 0.00308. The van der Waals surface area contributed by atoms with Crippen LogP contribution < -0.4 is 5.32 Å². The number of nitrogens with one attached hydrogen (secondary N) is 1. The largest absolute Gasteiger partial charge is 0.396 e. The maximum Gasteiger partial charge on any atom is 0.253 e. The standard InChI is InChI=1S/C20H25ClN2O4S/c1-14(2)23(3)28(26,27)16-9-10-18(21)17(13-16)20(25)22-19(11-12-24)15-7-5-4-6-8-15/h4-10,13-14,19,24H,11-12H2,1-3H3,(H,22,25). The molecule has 0 aromatic heterocycles. The molecule has 0 radical (unpaired) electrons. The lowest BCUT2D eigenvalue weighted by Gasteiger charge is -2.22. The fourth-order valence-corrected chi connectivity index (χ4v) is 4.25. The van der Waals surface area contributed by atoms with Crippen LogP contribution >= 0.6 is 11.6 Å². The number of aliphatic hydroxyl groups excluding tert-OH is 1. The first-order valence-corrected chi connectivity index (χ1v) is 10.7. The Hall–Kier alpha value is -1.93. The number of halogens is 1. The van der Waals surface area contributed by atoms with Crippen LogP contribution in [0, 0.1) is 0 Å². The molecular formula is C20H25ClN2O4S. The molecule has 2 rings (SSSR count). The molecule has 1 unspecified atom stereocenters. The van der Waals surface area contributed by atoms with Crippen LogP contribution in [0.15, 0.2) is 53.4 Å². The lowest BCUT2D eigenvalue weighted by molar-refractivity contribution is 0.0930. The summed E-state index contributed by atoms with van der Waals surface area (Å²) in [6, 6.07) is 12.7. The van der Waals surface area contributed by atoms with Gasteiger partial charge in [0.2, 0.25) is 10.0 Å². The maximum atomic E-state index is 12.8. The lowest BCUT2D eigenvalue weighted by atomic mass is 10.0. The summed E-state index contributed by atoms with van der Waals surface area (Å²) in [5, 5.41) is 12.3. The van der Waals surface area contributed by atoms with Gasteiger partial charge in [0.1, 0.15) is 0 Å². The molecule has 0 fully saturated rings. The number of hydrogen-bond acceptors (Lipinski definition) is 4. The Balaban J connectivity index is 2.35. The molecule has 0 aliphatic carbocycles. The van der Waals surface area contributed by atoms with Gasteiger partial charge in [0, 0.05) is 19.7 Å². The van der Waals surface area contributed by atoms with Crippen LogP contribution in [-0.4, -0.2) is 43.4 Å². The van der Waals surface area contributed by atoms with Crippen LogP contribution in [0.4, 0.5) is 0 Å². The van der Waals surface area contributed by atoms with Crippen LogP contribution in [-0.2, 0) is 10.0 Å². The molecule has 0 heterocycles. The second kappa shape index (κ2) is 9.52. The molecule has 0 aliphatic rings. The SMILES string of the molecule is CC(C)N(C)S(=O)(=O)c1ccc(Cl)c(C(=O)NC(CCO)c2ccccc2)c1. The first-order chi connectivity index (χ1) is 13.2. The third-order valence-corrected chi connectivity index (χ3v) is 6.87. The number of nitrogens with zero attached hydrogens (tertiary/aromatic N) is 1. The molecule has 0 spiro atoms. The van der Waals surface area contributed by atoms with Gasteiger partial charge in [-0.05, 0) is 44.0 Å². The molecule has 0 aliphatic heterocycles. The Morgan fingerprint density at radius 1 is 1.18 bits per heavy atom. The second-order valence-electron chi connectivity index (χ2n) is 6.71. The van der Waals surface area contributed by atoms with Crippen molar-refractivity contribution in [2.75, 3.05) is 13.7 Å². The van der Waals surface area contributed by atoms with Gasteiger partial charge in [0.15, 0.2) is 0 Å². The predicted octanol–water partition coefficient (Wildman–Crippen LogP) is 3.22. The topological polar surface area (TPSA) is 86.7 Å². The van der Waals surface area contributed by atoms with Crippen molar-refractivity contribution in [1.82, 2.24) is 9.62 Å². The number of amides is 1. The van der Waals surface area contributed by atoms with E-state index in [1.165, 1.54) is 29.6 Å². The van der Waals surface area contributed by atoms with Crippen molar-refractivity contribution in [2.24, 2.45) is 0 Å². The van der Waals surface area contributed by atoms with Gasteiger partial charge in [-0.3, -0.25) is 4.79 Å². The first-order valence-electron chi connectivity index (χ1n) is 8.92. The van der Waals surface area contributed by atoms with E-state index in [1.54, 1.807) is 13.8 Å². The van der Waals surface area contributed by atoms with E-state index in [-0.39, 0.29) is 28.1 Å². The van der Waals surface area contributed by atoms with Crippen molar-refractivity contribution in [3.63, 3.8) is 0 Å². The van der Waals surface area contributed by atoms with Crippen LogP contribution in [0.25, 0.3) is 0 Å². The molecular weight excluding hydrogens is 400 g/mol. The van der Waals surface area contributed by atoms with Gasteiger partial charge < -0.3 is 10.4 Å². The van der Waals surface area contributed by atoms with Gasteiger partial charge in [-0.1, -0.05) is 41.9 Å². The minimum atomic E-state index is -3.75. The average molecular weight is 425 g/mol. The smallest absolute Gasteiger partial charge is 0.253 e. The predicted molar refractivity (Wildman–Crippen MR) is 110 cm³/mol. The van der Waals surface area contributed by atoms with Gasteiger partial charge >= 0.3 is 0 Å². The highest BCUT2D eigenvalue weighted by Gasteiger charge is 2.25. The summed E-state index contributed by atoms with van der Waals surface area (Å²) in [5.41, 5.74) is 0.906. The molecule has 2 N–H and O–H groups in total. The molecule has 2 aromatic rings. The van der Waals surface area contributed by atoms with Crippen LogP contribution in [0.3, 0.4) is 0 Å². The van der Waals surface area contributed by atoms with Crippen LogP contribution in [0.1, 0.15) is 42.2 Å². The minimum Gasteiger partial charge on any atom is -0.396 e. The number of sulfonamides is 1. The fourth-order valence-electron chi connectivity index (χ4n) is 2.66. The summed E-state index contributed by atoms with van der Waals surface area (Å²) in [6.07, 6.45) is 0.321. The number of benzene rings is 2. The zero-order valence-corrected chi connectivity index (χ0v) is 17.7. The highest BCUT2D eigenvalue weighted by Crippen LogP contribution is 2.25. The van der Waals surface area contributed by atoms with Gasteiger partial charge in [-0.2, -0.15) is 4.31 Å². The molecule has 28 heavy (non-hydrogen) atoms. The quantitative estimate of drug-likeness (QED) is 0.681. The Bertz CT molecular complexity index is 917. The summed E-state index contributed by atoms with van der Waals surface area (Å²) in [6.45, 7) is 3.42. The van der Waals surface area contributed by atoms with Crippen molar-refractivity contribution in [1.29, 1.82) is 0 Å². The van der Waals surface area contributed by atoms with Gasteiger partial charge in [-0.15, -0.1) is 0 Å². The first kappa shape index (κ1) is 22.4. The van der Waals surface area contributed by atoms with Crippen molar-refractivity contribution in [3.8, 4) is 0 Å². The number of aliphatic hydroxyl groups is 1. The van der Waals surface area contributed by atoms with Crippen LogP contribution in [0.5, 0.6) is 0 Å². The van der Waals surface area contributed by atoms with Crippen LogP contribution in [0.2, 0.25) is 5.02 Å². The summed E-state index contributed by atoms with van der Waals surface area (Å²) in [4.78, 5) is 12.8. The molecule has 0 saturated carbocycles. The Morgan fingerprint density at radius 3 is 2.39 bits per heavy atom. The van der Waals surface area contributed by atoms with Crippen molar-refractivity contribution >= 4 is 27.5 Å². The van der Waals surface area contributed by atoms with E-state index in [1.807, 2.05) is 30.3 Å². The highest BCUT2D eigenvalue weighted by atomic mass is 35.5. The van der Waals surface area contributed by atoms with E-state index in [0.717, 1.165) is 5.56 Å². The monoisotopic (exact) mass is 424 g/mol. The van der Waals surface area contributed by atoms with Crippen molar-refractivity contribution in [3.05, 3.63) is 64.7 Å².